The van der Waals surface area contributed by atoms with Crippen LogP contribution in [0.1, 0.15) is 28.8 Å². The normalized spacial score (nSPS) is 16.2. The SMILES string of the molecule is O=C(c1ccc(Cn2cccn2)cc1)C1CCOCC1. The summed E-state index contributed by atoms with van der Waals surface area (Å²) in [7, 11) is 0. The Bertz CT molecular complexity index is 555. The van der Waals surface area contributed by atoms with Crippen LogP contribution in [0.3, 0.4) is 0 Å². The summed E-state index contributed by atoms with van der Waals surface area (Å²) in [4.78, 5) is 12.4. The van der Waals surface area contributed by atoms with Crippen molar-refractivity contribution < 1.29 is 9.53 Å². The molecule has 3 rings (SSSR count). The van der Waals surface area contributed by atoms with Crippen molar-refractivity contribution in [3.8, 4) is 0 Å². The molecule has 0 N–H and O–H groups in total. The highest BCUT2D eigenvalue weighted by Gasteiger charge is 2.22. The molecule has 0 saturated carbocycles. The maximum absolute atomic E-state index is 12.4. The van der Waals surface area contributed by atoms with Crippen LogP contribution in [0.15, 0.2) is 42.7 Å². The summed E-state index contributed by atoms with van der Waals surface area (Å²) in [5.74, 6) is 0.375. The summed E-state index contributed by atoms with van der Waals surface area (Å²) >= 11 is 0. The van der Waals surface area contributed by atoms with E-state index in [2.05, 4.69) is 5.10 Å². The van der Waals surface area contributed by atoms with Gasteiger partial charge in [-0.3, -0.25) is 9.48 Å². The maximum Gasteiger partial charge on any atom is 0.166 e. The van der Waals surface area contributed by atoms with E-state index in [1.165, 1.54) is 0 Å². The van der Waals surface area contributed by atoms with Crippen molar-refractivity contribution in [3.63, 3.8) is 0 Å². The predicted molar refractivity (Wildman–Crippen MR) is 75.6 cm³/mol. The van der Waals surface area contributed by atoms with E-state index in [0.29, 0.717) is 13.2 Å². The lowest BCUT2D eigenvalue weighted by Crippen LogP contribution is -2.23. The number of nitrogens with zero attached hydrogens (tertiary/aromatic N) is 2. The number of hydrogen-bond donors (Lipinski definition) is 0. The topological polar surface area (TPSA) is 44.1 Å². The Morgan fingerprint density at radius 2 is 2.00 bits per heavy atom. The van der Waals surface area contributed by atoms with Gasteiger partial charge in [0.25, 0.3) is 0 Å². The van der Waals surface area contributed by atoms with E-state index in [-0.39, 0.29) is 11.7 Å². The van der Waals surface area contributed by atoms with Gasteiger partial charge in [0.1, 0.15) is 0 Å². The van der Waals surface area contributed by atoms with Gasteiger partial charge in [-0.25, -0.2) is 0 Å². The average molecular weight is 270 g/mol. The van der Waals surface area contributed by atoms with E-state index in [1.54, 1.807) is 6.20 Å². The summed E-state index contributed by atoms with van der Waals surface area (Å²) in [6, 6.07) is 9.78. The molecule has 1 saturated heterocycles. The van der Waals surface area contributed by atoms with E-state index in [0.717, 1.165) is 30.5 Å². The van der Waals surface area contributed by atoms with Gasteiger partial charge in [0, 0.05) is 37.1 Å². The Labute approximate surface area is 118 Å². The quantitative estimate of drug-likeness (QED) is 0.802. The number of carbonyl (C=O) groups excluding carboxylic acids is 1. The van der Waals surface area contributed by atoms with Gasteiger partial charge < -0.3 is 4.74 Å². The second-order valence-electron chi connectivity index (χ2n) is 5.15. The van der Waals surface area contributed by atoms with Crippen molar-refractivity contribution in [1.82, 2.24) is 9.78 Å². The summed E-state index contributed by atoms with van der Waals surface area (Å²) in [5, 5.41) is 4.18. The molecular formula is C16H18N2O2. The van der Waals surface area contributed by atoms with E-state index in [1.807, 2.05) is 41.2 Å². The Balaban J connectivity index is 1.67. The molecule has 4 nitrogen and oxygen atoms in total. The third-order valence-electron chi connectivity index (χ3n) is 3.73. The molecule has 0 unspecified atom stereocenters. The van der Waals surface area contributed by atoms with Gasteiger partial charge in [0.15, 0.2) is 5.78 Å². The smallest absolute Gasteiger partial charge is 0.166 e. The van der Waals surface area contributed by atoms with E-state index in [9.17, 15) is 4.79 Å². The van der Waals surface area contributed by atoms with Crippen molar-refractivity contribution in [3.05, 3.63) is 53.9 Å². The molecule has 1 aliphatic rings. The van der Waals surface area contributed by atoms with Gasteiger partial charge in [-0.1, -0.05) is 24.3 Å². The Morgan fingerprint density at radius 1 is 1.25 bits per heavy atom. The van der Waals surface area contributed by atoms with Crippen molar-refractivity contribution in [2.24, 2.45) is 5.92 Å². The molecule has 0 radical (unpaired) electrons. The highest BCUT2D eigenvalue weighted by Crippen LogP contribution is 2.20. The molecule has 2 heterocycles. The largest absolute Gasteiger partial charge is 0.381 e. The zero-order valence-corrected chi connectivity index (χ0v) is 11.4. The minimum Gasteiger partial charge on any atom is -0.381 e. The number of Topliss-reactive ketones (excluding diaryl/α,β-unsaturated/α-hetero) is 1. The van der Waals surface area contributed by atoms with Gasteiger partial charge in [0.2, 0.25) is 0 Å². The molecule has 0 spiro atoms. The second kappa shape index (κ2) is 6.01. The number of aromatic nitrogens is 2. The Hall–Kier alpha value is -1.94. The number of rotatable bonds is 4. The molecule has 1 fully saturated rings. The van der Waals surface area contributed by atoms with Crippen LogP contribution in [0.2, 0.25) is 0 Å². The Morgan fingerprint density at radius 3 is 2.65 bits per heavy atom. The molecule has 1 aliphatic heterocycles. The first-order chi connectivity index (χ1) is 9.83. The molecule has 0 amide bonds. The molecule has 0 atom stereocenters. The van der Waals surface area contributed by atoms with E-state index in [4.69, 9.17) is 4.74 Å². The van der Waals surface area contributed by atoms with Crippen LogP contribution >= 0.6 is 0 Å². The zero-order chi connectivity index (χ0) is 13.8. The number of ketones is 1. The lowest BCUT2D eigenvalue weighted by molar-refractivity contribution is 0.0545. The zero-order valence-electron chi connectivity index (χ0n) is 11.4. The summed E-state index contributed by atoms with van der Waals surface area (Å²) in [5.41, 5.74) is 1.96. The summed E-state index contributed by atoms with van der Waals surface area (Å²) in [6.07, 6.45) is 5.38. The van der Waals surface area contributed by atoms with Crippen molar-refractivity contribution in [1.29, 1.82) is 0 Å². The van der Waals surface area contributed by atoms with Crippen molar-refractivity contribution in [2.45, 2.75) is 19.4 Å². The average Bonchev–Trinajstić information content (AvgIpc) is 3.01. The van der Waals surface area contributed by atoms with Crippen LogP contribution in [0, 0.1) is 5.92 Å². The molecule has 4 heteroatoms. The van der Waals surface area contributed by atoms with Crippen LogP contribution in [-0.4, -0.2) is 28.8 Å². The van der Waals surface area contributed by atoms with Crippen LogP contribution in [0.4, 0.5) is 0 Å². The van der Waals surface area contributed by atoms with Gasteiger partial charge in [-0.2, -0.15) is 5.10 Å². The third kappa shape index (κ3) is 2.96. The van der Waals surface area contributed by atoms with Crippen molar-refractivity contribution in [2.75, 3.05) is 13.2 Å². The van der Waals surface area contributed by atoms with Crippen molar-refractivity contribution >= 4 is 5.78 Å². The monoisotopic (exact) mass is 270 g/mol. The maximum atomic E-state index is 12.4. The first-order valence-corrected chi connectivity index (χ1v) is 7.01. The molecule has 0 aliphatic carbocycles. The molecule has 1 aromatic heterocycles. The van der Waals surface area contributed by atoms with Crippen LogP contribution in [-0.2, 0) is 11.3 Å². The predicted octanol–water partition coefficient (Wildman–Crippen LogP) is 2.54. The first kappa shape index (κ1) is 13.1. The number of hydrogen-bond acceptors (Lipinski definition) is 3. The first-order valence-electron chi connectivity index (χ1n) is 7.01. The van der Waals surface area contributed by atoms with Gasteiger partial charge in [0.05, 0.1) is 6.54 Å². The summed E-state index contributed by atoms with van der Waals surface area (Å²) < 4.78 is 7.17. The lowest BCUT2D eigenvalue weighted by atomic mass is 9.91. The van der Waals surface area contributed by atoms with Crippen LogP contribution in [0.25, 0.3) is 0 Å². The van der Waals surface area contributed by atoms with Gasteiger partial charge in [-0.05, 0) is 24.5 Å². The summed E-state index contributed by atoms with van der Waals surface area (Å²) in [6.45, 7) is 2.14. The number of carbonyl (C=O) groups is 1. The number of ether oxygens (including phenoxy) is 1. The standard InChI is InChI=1S/C16H18N2O2/c19-16(15-6-10-20-11-7-15)14-4-2-13(3-5-14)12-18-9-1-8-17-18/h1-5,8-9,15H,6-7,10-12H2. The highest BCUT2D eigenvalue weighted by atomic mass is 16.5. The Kier molecular flexibility index (Phi) is 3.92. The molecule has 104 valence electrons. The molecule has 1 aromatic carbocycles. The van der Waals surface area contributed by atoms with E-state index < -0.39 is 0 Å². The third-order valence-corrected chi connectivity index (χ3v) is 3.73. The number of benzene rings is 1. The fourth-order valence-electron chi connectivity index (χ4n) is 2.55. The fourth-order valence-corrected chi connectivity index (χ4v) is 2.55. The minimum atomic E-state index is 0.126. The molecule has 0 bridgehead atoms. The van der Waals surface area contributed by atoms with E-state index >= 15 is 0 Å². The van der Waals surface area contributed by atoms with Gasteiger partial charge in [-0.15, -0.1) is 0 Å². The second-order valence-corrected chi connectivity index (χ2v) is 5.15. The van der Waals surface area contributed by atoms with Crippen LogP contribution in [0.5, 0.6) is 0 Å². The minimum absolute atomic E-state index is 0.126. The molecule has 2 aromatic rings. The lowest BCUT2D eigenvalue weighted by Gasteiger charge is -2.20. The highest BCUT2D eigenvalue weighted by molar-refractivity contribution is 5.97. The molecular weight excluding hydrogens is 252 g/mol. The fraction of sp³-hybridized carbons (Fsp3) is 0.375. The van der Waals surface area contributed by atoms with Crippen LogP contribution < -0.4 is 0 Å². The van der Waals surface area contributed by atoms with Gasteiger partial charge >= 0.3 is 0 Å². The molecule has 20 heavy (non-hydrogen) atoms.